The Morgan fingerprint density at radius 3 is 2.59 bits per heavy atom. The minimum absolute atomic E-state index is 0. The minimum Gasteiger partial charge on any atom is -0.369 e. The van der Waals surface area contributed by atoms with Crippen molar-refractivity contribution in [2.75, 3.05) is 31.1 Å². The molecule has 1 aromatic rings. The molecular formula is C24H43IN6O. The zero-order chi connectivity index (χ0) is 22.5. The van der Waals surface area contributed by atoms with Gasteiger partial charge in [-0.15, -0.1) is 24.0 Å². The molecule has 1 aromatic heterocycles. The summed E-state index contributed by atoms with van der Waals surface area (Å²) in [7, 11) is 0. The van der Waals surface area contributed by atoms with Crippen molar-refractivity contribution in [2.24, 2.45) is 22.6 Å². The number of hydrogen-bond donors (Lipinski definition) is 3. The fourth-order valence-electron chi connectivity index (χ4n) is 3.96. The Labute approximate surface area is 211 Å². The number of anilines is 1. The molecule has 0 aliphatic carbocycles. The molecule has 1 fully saturated rings. The van der Waals surface area contributed by atoms with Gasteiger partial charge >= 0.3 is 0 Å². The molecule has 1 aliphatic heterocycles. The van der Waals surface area contributed by atoms with Gasteiger partial charge in [0, 0.05) is 43.9 Å². The summed E-state index contributed by atoms with van der Waals surface area (Å²) in [6.45, 7) is 10.6. The molecule has 182 valence electrons. The molecule has 7 nitrogen and oxygen atoms in total. The molecule has 8 heteroatoms. The third-order valence-corrected chi connectivity index (χ3v) is 5.82. The van der Waals surface area contributed by atoms with Crippen molar-refractivity contribution >= 4 is 41.7 Å². The van der Waals surface area contributed by atoms with Crippen molar-refractivity contribution in [3.63, 3.8) is 0 Å². The number of piperidine rings is 1. The summed E-state index contributed by atoms with van der Waals surface area (Å²) in [6, 6.07) is 4.05. The highest BCUT2D eigenvalue weighted by molar-refractivity contribution is 14.0. The number of halogens is 1. The molecule has 1 saturated heterocycles. The molecule has 0 unspecified atom stereocenters. The molecule has 32 heavy (non-hydrogen) atoms. The number of nitrogens with two attached hydrogens (primary N) is 1. The molecule has 1 aliphatic rings. The number of rotatable bonds is 12. The van der Waals surface area contributed by atoms with Crippen LogP contribution in [0.15, 0.2) is 23.3 Å². The first-order valence-corrected chi connectivity index (χ1v) is 12.0. The van der Waals surface area contributed by atoms with Gasteiger partial charge in [0.05, 0.1) is 6.54 Å². The fraction of sp³-hybridized carbons (Fsp3) is 0.708. The van der Waals surface area contributed by atoms with Gasteiger partial charge in [-0.2, -0.15) is 0 Å². The predicted molar refractivity (Wildman–Crippen MR) is 145 cm³/mol. The van der Waals surface area contributed by atoms with Crippen LogP contribution in [0.5, 0.6) is 0 Å². The molecule has 0 bridgehead atoms. The second-order valence-corrected chi connectivity index (χ2v) is 8.87. The number of aliphatic imine (C=N–C) groups is 1. The van der Waals surface area contributed by atoms with Crippen molar-refractivity contribution in [3.05, 3.63) is 23.9 Å². The van der Waals surface area contributed by atoms with Gasteiger partial charge in [0.25, 0.3) is 0 Å². The number of aromatic nitrogens is 1. The number of hydrogen-bond acceptors (Lipinski definition) is 4. The normalized spacial score (nSPS) is 14.9. The third kappa shape index (κ3) is 10.4. The number of nitrogens with one attached hydrogen (secondary N) is 2. The van der Waals surface area contributed by atoms with Crippen molar-refractivity contribution in [1.29, 1.82) is 0 Å². The molecule has 0 radical (unpaired) electrons. The first kappa shape index (κ1) is 28.5. The van der Waals surface area contributed by atoms with E-state index in [1.807, 2.05) is 12.3 Å². The van der Waals surface area contributed by atoms with Gasteiger partial charge in [0.1, 0.15) is 5.82 Å². The van der Waals surface area contributed by atoms with E-state index in [0.29, 0.717) is 6.54 Å². The zero-order valence-corrected chi connectivity index (χ0v) is 22.4. The maximum absolute atomic E-state index is 11.4. The maximum Gasteiger partial charge on any atom is 0.220 e. The van der Waals surface area contributed by atoms with E-state index >= 15 is 0 Å². The molecular weight excluding hydrogens is 515 g/mol. The van der Waals surface area contributed by atoms with E-state index in [4.69, 9.17) is 10.7 Å². The zero-order valence-electron chi connectivity index (χ0n) is 20.1. The number of carbonyl (C=O) groups excluding carboxylic acids is 1. The lowest BCUT2D eigenvalue weighted by molar-refractivity contribution is -0.122. The molecule has 0 atom stereocenters. The van der Waals surface area contributed by atoms with Gasteiger partial charge in [-0.3, -0.25) is 4.79 Å². The Kier molecular flexibility index (Phi) is 14.3. The molecule has 0 spiro atoms. The summed E-state index contributed by atoms with van der Waals surface area (Å²) in [5, 5.41) is 6.80. The smallest absolute Gasteiger partial charge is 0.220 e. The number of unbranched alkanes of at least 4 members (excludes halogenated alkanes) is 3. The average molecular weight is 559 g/mol. The van der Waals surface area contributed by atoms with Gasteiger partial charge < -0.3 is 21.3 Å². The van der Waals surface area contributed by atoms with Gasteiger partial charge in [-0.05, 0) is 38.2 Å². The predicted octanol–water partition coefficient (Wildman–Crippen LogP) is 4.06. The van der Waals surface area contributed by atoms with Crippen LogP contribution in [0, 0.1) is 11.8 Å². The van der Waals surface area contributed by atoms with E-state index in [0.717, 1.165) is 68.7 Å². The molecule has 2 heterocycles. The van der Waals surface area contributed by atoms with Crippen LogP contribution in [0.2, 0.25) is 0 Å². The second kappa shape index (κ2) is 16.1. The molecule has 1 amide bonds. The van der Waals surface area contributed by atoms with Crippen LogP contribution in [0.3, 0.4) is 0 Å². The molecule has 4 N–H and O–H groups in total. The topological polar surface area (TPSA) is 95.6 Å². The van der Waals surface area contributed by atoms with Crippen LogP contribution < -0.4 is 21.3 Å². The number of primary amides is 1. The van der Waals surface area contributed by atoms with Crippen LogP contribution >= 0.6 is 24.0 Å². The largest absolute Gasteiger partial charge is 0.369 e. The van der Waals surface area contributed by atoms with E-state index in [-0.39, 0.29) is 35.8 Å². The Bertz CT molecular complexity index is 689. The summed E-state index contributed by atoms with van der Waals surface area (Å²) >= 11 is 0. The van der Waals surface area contributed by atoms with Crippen LogP contribution in [-0.2, 0) is 11.3 Å². The van der Waals surface area contributed by atoms with Gasteiger partial charge in [0.15, 0.2) is 5.96 Å². The Morgan fingerprint density at radius 1 is 1.22 bits per heavy atom. The highest BCUT2D eigenvalue weighted by Gasteiger charge is 2.24. The van der Waals surface area contributed by atoms with Gasteiger partial charge in [-0.1, -0.05) is 45.6 Å². The number of nitrogens with zero attached hydrogens (tertiary/aromatic N) is 3. The quantitative estimate of drug-likeness (QED) is 0.156. The van der Waals surface area contributed by atoms with E-state index < -0.39 is 0 Å². The summed E-state index contributed by atoms with van der Waals surface area (Å²) in [5.41, 5.74) is 6.57. The fourth-order valence-corrected chi connectivity index (χ4v) is 3.96. The van der Waals surface area contributed by atoms with Crippen LogP contribution in [0.1, 0.15) is 71.3 Å². The summed E-state index contributed by atoms with van der Waals surface area (Å²) in [6.07, 6.45) is 9.77. The third-order valence-electron chi connectivity index (χ3n) is 5.82. The van der Waals surface area contributed by atoms with Gasteiger partial charge in [0.2, 0.25) is 5.91 Å². The molecule has 0 aromatic carbocycles. The van der Waals surface area contributed by atoms with Crippen LogP contribution in [0.25, 0.3) is 0 Å². The molecule has 2 rings (SSSR count). The standard InChI is InChI=1S/C24H42N6O.HI/c1-4-26-24(28-14-8-6-5-7-10-19(2)3)29-18-21-11-9-15-27-23(21)30-16-12-20(13-17-30)22(25)31;/h9,11,15,19-20H,4-8,10,12-14,16-18H2,1-3H3,(H2,25,31)(H2,26,28,29);1H. The van der Waals surface area contributed by atoms with Gasteiger partial charge in [-0.25, -0.2) is 9.98 Å². The first-order valence-electron chi connectivity index (χ1n) is 12.0. The van der Waals surface area contributed by atoms with Crippen molar-refractivity contribution in [1.82, 2.24) is 15.6 Å². The van der Waals surface area contributed by atoms with Crippen LogP contribution in [0.4, 0.5) is 5.82 Å². The summed E-state index contributed by atoms with van der Waals surface area (Å²) in [4.78, 5) is 23.1. The summed E-state index contributed by atoms with van der Waals surface area (Å²) < 4.78 is 0. The summed E-state index contributed by atoms with van der Waals surface area (Å²) in [5.74, 6) is 2.42. The first-order chi connectivity index (χ1) is 15.0. The lowest BCUT2D eigenvalue weighted by Crippen LogP contribution is -2.39. The highest BCUT2D eigenvalue weighted by atomic mass is 127. The maximum atomic E-state index is 11.4. The average Bonchev–Trinajstić information content (AvgIpc) is 2.76. The molecule has 0 saturated carbocycles. The van der Waals surface area contributed by atoms with Crippen molar-refractivity contribution < 1.29 is 4.79 Å². The van der Waals surface area contributed by atoms with Crippen molar-refractivity contribution in [3.8, 4) is 0 Å². The van der Waals surface area contributed by atoms with E-state index in [1.165, 1.54) is 25.7 Å². The monoisotopic (exact) mass is 558 g/mol. The Hall–Kier alpha value is -1.58. The number of pyridine rings is 1. The highest BCUT2D eigenvalue weighted by Crippen LogP contribution is 2.24. The van der Waals surface area contributed by atoms with Crippen molar-refractivity contribution in [2.45, 2.75) is 72.3 Å². The number of amides is 1. The van der Waals surface area contributed by atoms with E-state index in [1.54, 1.807) is 0 Å². The lowest BCUT2D eigenvalue weighted by atomic mass is 9.96. The second-order valence-electron chi connectivity index (χ2n) is 8.87. The Balaban J connectivity index is 0.00000512. The Morgan fingerprint density at radius 2 is 1.94 bits per heavy atom. The lowest BCUT2D eigenvalue weighted by Gasteiger charge is -2.32. The minimum atomic E-state index is -0.188. The van der Waals surface area contributed by atoms with E-state index in [2.05, 4.69) is 47.4 Å². The van der Waals surface area contributed by atoms with E-state index in [9.17, 15) is 4.79 Å². The number of guanidine groups is 1. The SMILES string of the molecule is CCNC(=NCc1cccnc1N1CCC(C(N)=O)CC1)NCCCCCCC(C)C.I. The van der Waals surface area contributed by atoms with Crippen LogP contribution in [-0.4, -0.2) is 43.0 Å². The number of carbonyl (C=O) groups is 1.